The molecule has 20 rings (SSSR count). The van der Waals surface area contributed by atoms with Gasteiger partial charge in [0.25, 0.3) is 0 Å². The number of rotatable bonds is 6. The first-order valence-corrected chi connectivity index (χ1v) is 31.8. The Morgan fingerprint density at radius 1 is 0.239 bits per heavy atom. The number of furan rings is 1. The van der Waals surface area contributed by atoms with Crippen LogP contribution in [0.1, 0.15) is 25.0 Å². The molecule has 92 heavy (non-hydrogen) atoms. The third kappa shape index (κ3) is 7.72. The summed E-state index contributed by atoms with van der Waals surface area (Å²) in [6, 6.07) is 115. The van der Waals surface area contributed by atoms with Crippen LogP contribution in [0.5, 0.6) is 0 Å². The molecule has 14 aromatic carbocycles. The average molecular weight is 1180 g/mol. The van der Waals surface area contributed by atoms with E-state index in [0.717, 1.165) is 33.1 Å². The average Bonchev–Trinajstić information content (AvgIpc) is 1.59. The molecular weight excluding hydrogens is 1120 g/mol. The molecule has 5 heteroatoms. The molecule has 1 aliphatic rings. The highest BCUT2D eigenvalue weighted by atomic mass is 16.3. The number of aromatic nitrogens is 4. The van der Waals surface area contributed by atoms with Crippen LogP contribution in [-0.2, 0) is 5.41 Å². The van der Waals surface area contributed by atoms with Crippen LogP contribution in [0.15, 0.2) is 320 Å². The Morgan fingerprint density at radius 2 is 0.609 bits per heavy atom. The van der Waals surface area contributed by atoms with Gasteiger partial charge in [0, 0.05) is 76.3 Å². The zero-order chi connectivity index (χ0) is 60.8. The summed E-state index contributed by atoms with van der Waals surface area (Å²) in [4.78, 5) is 0. The Kier molecular flexibility index (Phi) is 11.3. The van der Waals surface area contributed by atoms with Crippen molar-refractivity contribution in [1.82, 2.24) is 18.3 Å². The summed E-state index contributed by atoms with van der Waals surface area (Å²) in [5.41, 5.74) is 26.4. The number of fused-ring (bicyclic) bond motifs is 18. The molecule has 432 valence electrons. The molecule has 5 nitrogen and oxygen atoms in total. The van der Waals surface area contributed by atoms with Gasteiger partial charge in [-0.05, 0) is 166 Å². The van der Waals surface area contributed by atoms with Crippen LogP contribution >= 0.6 is 0 Å². The van der Waals surface area contributed by atoms with E-state index in [0.29, 0.717) is 0 Å². The van der Waals surface area contributed by atoms with Crippen molar-refractivity contribution in [3.63, 3.8) is 0 Å². The molecule has 0 atom stereocenters. The van der Waals surface area contributed by atoms with Gasteiger partial charge in [0.2, 0.25) is 0 Å². The third-order valence-corrected chi connectivity index (χ3v) is 19.8. The van der Waals surface area contributed by atoms with Crippen molar-refractivity contribution in [1.29, 1.82) is 0 Å². The van der Waals surface area contributed by atoms with Crippen LogP contribution in [0, 0.1) is 0 Å². The molecule has 5 aromatic heterocycles. The molecule has 0 bridgehead atoms. The van der Waals surface area contributed by atoms with Gasteiger partial charge in [0.05, 0.1) is 49.8 Å². The second-order valence-corrected chi connectivity index (χ2v) is 25.2. The molecule has 0 N–H and O–H groups in total. The summed E-state index contributed by atoms with van der Waals surface area (Å²) in [6.45, 7) is 4.69. The molecule has 0 spiro atoms. The lowest BCUT2D eigenvalue weighted by atomic mass is 9.82. The maximum absolute atomic E-state index is 6.49. The maximum atomic E-state index is 6.49. The second kappa shape index (κ2) is 20.0. The summed E-state index contributed by atoms with van der Waals surface area (Å²) in [5.74, 6) is 0. The summed E-state index contributed by atoms with van der Waals surface area (Å²) < 4.78 is 16.0. The Bertz CT molecular complexity index is 6220. The summed E-state index contributed by atoms with van der Waals surface area (Å²) in [6.07, 6.45) is 0. The Morgan fingerprint density at radius 3 is 1.11 bits per heavy atom. The number of para-hydroxylation sites is 8. The quantitative estimate of drug-likeness (QED) is 0.163. The van der Waals surface area contributed by atoms with Crippen LogP contribution in [0.2, 0.25) is 0 Å². The summed E-state index contributed by atoms with van der Waals surface area (Å²) in [7, 11) is 0. The van der Waals surface area contributed by atoms with Crippen LogP contribution < -0.4 is 0 Å². The first kappa shape index (κ1) is 52.1. The molecule has 0 saturated carbocycles. The van der Waals surface area contributed by atoms with Crippen molar-refractivity contribution in [3.8, 4) is 56.1 Å². The van der Waals surface area contributed by atoms with Crippen molar-refractivity contribution >= 4 is 109 Å². The smallest absolute Gasteiger partial charge is 0.159 e. The van der Waals surface area contributed by atoms with E-state index in [-0.39, 0.29) is 5.41 Å². The number of hydrogen-bond donors (Lipinski definition) is 0. The fourth-order valence-corrected chi connectivity index (χ4v) is 15.6. The van der Waals surface area contributed by atoms with Gasteiger partial charge in [-0.1, -0.05) is 208 Å². The van der Waals surface area contributed by atoms with Crippen LogP contribution in [0.25, 0.3) is 165 Å². The summed E-state index contributed by atoms with van der Waals surface area (Å²) in [5, 5.41) is 12.3. The lowest BCUT2D eigenvalue weighted by Crippen LogP contribution is -2.14. The minimum absolute atomic E-state index is 0.00527. The standard InChI is InChI=1S/C45H32N2.C42H26N2O/c1-45(2)39-17-9-6-14-33(39)36-28-32(22-23-40(36)45)47-42-19-11-8-16-35(42)38-27-30(21-25-44(38)47)29-20-24-43-37(26-29)34-15-7-10-18-41(34)46(43)31-12-4-3-5-13-31;1-2-11-29(12-3-1)43-36-17-7-4-13-30(36)34-25-27(21-23-38(34)43)28-22-24-39-35(26-28)31-14-5-8-18-37(31)44(39)40-19-10-16-33-32-15-6-9-20-41(32)45-42(33)40/h3-28H,1-2H3;1-26H. The first-order chi connectivity index (χ1) is 45.4. The van der Waals surface area contributed by atoms with Crippen LogP contribution in [0.4, 0.5) is 0 Å². The number of benzene rings is 14. The van der Waals surface area contributed by atoms with E-state index in [4.69, 9.17) is 4.42 Å². The lowest BCUT2D eigenvalue weighted by molar-refractivity contribution is 0.660. The highest BCUT2D eigenvalue weighted by Crippen LogP contribution is 2.50. The Hall–Kier alpha value is -11.9. The fourth-order valence-electron chi connectivity index (χ4n) is 15.6. The minimum Gasteiger partial charge on any atom is -0.454 e. The van der Waals surface area contributed by atoms with Crippen molar-refractivity contribution in [2.24, 2.45) is 0 Å². The molecule has 5 heterocycles. The molecule has 0 unspecified atom stereocenters. The van der Waals surface area contributed by atoms with E-state index < -0.39 is 0 Å². The normalized spacial score (nSPS) is 12.8. The number of hydrogen-bond acceptors (Lipinski definition) is 1. The van der Waals surface area contributed by atoms with Crippen molar-refractivity contribution in [2.45, 2.75) is 19.3 Å². The van der Waals surface area contributed by atoms with Crippen molar-refractivity contribution < 1.29 is 4.42 Å². The van der Waals surface area contributed by atoms with Gasteiger partial charge in [-0.3, -0.25) is 0 Å². The molecular formula is C87H58N4O. The molecule has 0 aliphatic heterocycles. The third-order valence-electron chi connectivity index (χ3n) is 19.8. The van der Waals surface area contributed by atoms with E-state index >= 15 is 0 Å². The molecule has 19 aromatic rings. The van der Waals surface area contributed by atoms with E-state index in [2.05, 4.69) is 335 Å². The van der Waals surface area contributed by atoms with Gasteiger partial charge in [-0.15, -0.1) is 0 Å². The predicted molar refractivity (Wildman–Crippen MR) is 386 cm³/mol. The first-order valence-electron chi connectivity index (χ1n) is 31.8. The highest BCUT2D eigenvalue weighted by Gasteiger charge is 2.35. The fraction of sp³-hybridized carbons (Fsp3) is 0.0345. The Labute approximate surface area is 530 Å². The van der Waals surface area contributed by atoms with Gasteiger partial charge in [-0.25, -0.2) is 0 Å². The van der Waals surface area contributed by atoms with E-state index in [1.807, 2.05) is 12.1 Å². The summed E-state index contributed by atoms with van der Waals surface area (Å²) >= 11 is 0. The molecule has 0 amide bonds. The van der Waals surface area contributed by atoms with E-state index in [1.165, 1.54) is 143 Å². The molecule has 0 fully saturated rings. The SMILES string of the molecule is CC1(C)c2ccccc2-c2cc(-n3c4ccccc4c4cc(-c5ccc6c(c5)c5ccccc5n6-c5ccccc5)ccc43)ccc21.c1ccc(-n2c3ccccc3c3cc(-c4ccc5c(c4)c4ccccc4n5-c4cccc5c4oc4ccccc45)ccc32)cc1. The zero-order valence-electron chi connectivity index (χ0n) is 50.7. The van der Waals surface area contributed by atoms with E-state index in [1.54, 1.807) is 0 Å². The van der Waals surface area contributed by atoms with Gasteiger partial charge in [-0.2, -0.15) is 0 Å². The van der Waals surface area contributed by atoms with Crippen LogP contribution in [-0.4, -0.2) is 18.3 Å². The largest absolute Gasteiger partial charge is 0.454 e. The van der Waals surface area contributed by atoms with Gasteiger partial charge < -0.3 is 22.7 Å². The molecule has 0 saturated heterocycles. The van der Waals surface area contributed by atoms with Crippen molar-refractivity contribution in [2.75, 3.05) is 0 Å². The minimum atomic E-state index is -0.00527. The molecule has 0 radical (unpaired) electrons. The predicted octanol–water partition coefficient (Wildman–Crippen LogP) is 23.3. The van der Waals surface area contributed by atoms with Gasteiger partial charge in [0.1, 0.15) is 5.58 Å². The van der Waals surface area contributed by atoms with Gasteiger partial charge in [0.15, 0.2) is 5.58 Å². The zero-order valence-corrected chi connectivity index (χ0v) is 50.7. The lowest BCUT2D eigenvalue weighted by Gasteiger charge is -2.21. The highest BCUT2D eigenvalue weighted by molar-refractivity contribution is 6.16. The van der Waals surface area contributed by atoms with Crippen molar-refractivity contribution in [3.05, 3.63) is 327 Å². The second-order valence-electron chi connectivity index (χ2n) is 25.2. The monoisotopic (exact) mass is 1170 g/mol. The number of nitrogens with zero attached hydrogens (tertiary/aromatic N) is 4. The van der Waals surface area contributed by atoms with Crippen LogP contribution in [0.3, 0.4) is 0 Å². The molecule has 1 aliphatic carbocycles. The van der Waals surface area contributed by atoms with Gasteiger partial charge >= 0.3 is 0 Å². The maximum Gasteiger partial charge on any atom is 0.159 e. The topological polar surface area (TPSA) is 32.9 Å². The van der Waals surface area contributed by atoms with E-state index in [9.17, 15) is 0 Å². The Balaban J connectivity index is 0.000000132.